The fourth-order valence-corrected chi connectivity index (χ4v) is 2.08. The Balaban J connectivity index is 2.54. The van der Waals surface area contributed by atoms with Gasteiger partial charge < -0.3 is 14.6 Å². The Morgan fingerprint density at radius 1 is 1.15 bits per heavy atom. The van der Waals surface area contributed by atoms with Crippen molar-refractivity contribution in [1.29, 1.82) is 0 Å². The molecule has 0 saturated carbocycles. The minimum absolute atomic E-state index is 0.464. The van der Waals surface area contributed by atoms with Gasteiger partial charge in [0.15, 0.2) is 0 Å². The molecule has 0 aliphatic heterocycles. The van der Waals surface area contributed by atoms with Gasteiger partial charge in [0.1, 0.15) is 5.75 Å². The van der Waals surface area contributed by atoms with Gasteiger partial charge in [-0.3, -0.25) is 0 Å². The Morgan fingerprint density at radius 3 is 2.60 bits per heavy atom. The monoisotopic (exact) mass is 280 g/mol. The zero-order valence-corrected chi connectivity index (χ0v) is 13.0. The van der Waals surface area contributed by atoms with Crippen LogP contribution in [0.1, 0.15) is 63.7 Å². The lowest BCUT2D eigenvalue weighted by Gasteiger charge is -2.14. The highest BCUT2D eigenvalue weighted by Gasteiger charge is 2.08. The number of hydrogen-bond donors (Lipinski definition) is 1. The molecule has 0 heterocycles. The number of hydrogen-bond acceptors (Lipinski definition) is 3. The third-order valence-electron chi connectivity index (χ3n) is 3.27. The third kappa shape index (κ3) is 5.93. The van der Waals surface area contributed by atoms with Gasteiger partial charge in [-0.15, -0.1) is 0 Å². The minimum atomic E-state index is -0.464. The van der Waals surface area contributed by atoms with E-state index in [1.807, 2.05) is 25.1 Å². The Hall–Kier alpha value is -1.06. The zero-order valence-electron chi connectivity index (χ0n) is 13.0. The second-order valence-corrected chi connectivity index (χ2v) is 5.09. The number of benzene rings is 1. The van der Waals surface area contributed by atoms with Crippen LogP contribution in [0.5, 0.6) is 5.75 Å². The summed E-state index contributed by atoms with van der Waals surface area (Å²) in [6.45, 7) is 7.91. The van der Waals surface area contributed by atoms with Crippen molar-refractivity contribution >= 4 is 0 Å². The average molecular weight is 280 g/mol. The molecule has 1 atom stereocenters. The Labute approximate surface area is 122 Å². The summed E-state index contributed by atoms with van der Waals surface area (Å²) in [5.41, 5.74) is 1.92. The molecular formula is C17H28O3. The maximum atomic E-state index is 9.66. The van der Waals surface area contributed by atoms with Gasteiger partial charge in [0, 0.05) is 12.2 Å². The van der Waals surface area contributed by atoms with Crippen molar-refractivity contribution in [3.8, 4) is 5.75 Å². The van der Waals surface area contributed by atoms with Gasteiger partial charge >= 0.3 is 0 Å². The highest BCUT2D eigenvalue weighted by atomic mass is 16.5. The normalized spacial score (nSPS) is 12.4. The summed E-state index contributed by atoms with van der Waals surface area (Å²) in [5, 5.41) is 9.66. The van der Waals surface area contributed by atoms with E-state index in [0.29, 0.717) is 13.2 Å². The molecule has 1 aromatic rings. The topological polar surface area (TPSA) is 38.7 Å². The highest BCUT2D eigenvalue weighted by molar-refractivity contribution is 5.37. The van der Waals surface area contributed by atoms with Crippen LogP contribution in [0.3, 0.4) is 0 Å². The molecule has 0 aliphatic carbocycles. The van der Waals surface area contributed by atoms with Gasteiger partial charge in [0.25, 0.3) is 0 Å². The summed E-state index contributed by atoms with van der Waals surface area (Å²) < 4.78 is 11.3. The molecule has 0 amide bonds. The van der Waals surface area contributed by atoms with Crippen LogP contribution in [0.15, 0.2) is 18.2 Å². The van der Waals surface area contributed by atoms with Crippen molar-refractivity contribution in [3.63, 3.8) is 0 Å². The summed E-state index contributed by atoms with van der Waals surface area (Å²) in [6.07, 6.45) is 4.38. The predicted molar refractivity (Wildman–Crippen MR) is 82.0 cm³/mol. The summed E-state index contributed by atoms with van der Waals surface area (Å²) in [7, 11) is 0. The lowest BCUT2D eigenvalue weighted by Crippen LogP contribution is -2.02. The lowest BCUT2D eigenvalue weighted by atomic mass is 10.1. The SMILES string of the molecule is CCCCCCOCc1cc(C(C)O)ccc1OCC. The van der Waals surface area contributed by atoms with Crippen molar-refractivity contribution in [2.24, 2.45) is 0 Å². The first-order chi connectivity index (χ1) is 9.69. The van der Waals surface area contributed by atoms with Crippen LogP contribution in [0, 0.1) is 0 Å². The molecule has 114 valence electrons. The van der Waals surface area contributed by atoms with Gasteiger partial charge in [0.05, 0.1) is 19.3 Å². The number of rotatable bonds is 10. The fraction of sp³-hybridized carbons (Fsp3) is 0.647. The average Bonchev–Trinajstić information content (AvgIpc) is 2.44. The van der Waals surface area contributed by atoms with E-state index in [2.05, 4.69) is 6.92 Å². The van der Waals surface area contributed by atoms with Gasteiger partial charge in [0.2, 0.25) is 0 Å². The maximum absolute atomic E-state index is 9.66. The first kappa shape index (κ1) is 17.0. The molecule has 0 bridgehead atoms. The molecule has 1 N–H and O–H groups in total. The summed E-state index contributed by atoms with van der Waals surface area (Å²) in [6, 6.07) is 5.80. The van der Waals surface area contributed by atoms with Gasteiger partial charge in [-0.25, -0.2) is 0 Å². The van der Waals surface area contributed by atoms with Gasteiger partial charge in [-0.2, -0.15) is 0 Å². The molecule has 0 spiro atoms. The number of aliphatic hydroxyl groups excluding tert-OH is 1. The zero-order chi connectivity index (χ0) is 14.8. The van der Waals surface area contributed by atoms with Crippen LogP contribution in [0.25, 0.3) is 0 Å². The van der Waals surface area contributed by atoms with Crippen LogP contribution in [0.4, 0.5) is 0 Å². The highest BCUT2D eigenvalue weighted by Crippen LogP contribution is 2.24. The van der Waals surface area contributed by atoms with E-state index in [1.165, 1.54) is 19.3 Å². The Kier molecular flexibility index (Phi) is 8.31. The Morgan fingerprint density at radius 2 is 1.95 bits per heavy atom. The third-order valence-corrected chi connectivity index (χ3v) is 3.27. The van der Waals surface area contributed by atoms with Crippen molar-refractivity contribution < 1.29 is 14.6 Å². The van der Waals surface area contributed by atoms with E-state index in [9.17, 15) is 5.11 Å². The molecule has 1 aromatic carbocycles. The molecule has 0 fully saturated rings. The largest absolute Gasteiger partial charge is 0.494 e. The second kappa shape index (κ2) is 9.78. The standard InChI is InChI=1S/C17H28O3/c1-4-6-7-8-11-19-13-16-12-15(14(3)18)9-10-17(16)20-5-2/h9-10,12,14,18H,4-8,11,13H2,1-3H3. The molecule has 3 heteroatoms. The second-order valence-electron chi connectivity index (χ2n) is 5.09. The first-order valence-corrected chi connectivity index (χ1v) is 7.70. The van der Waals surface area contributed by atoms with Crippen LogP contribution < -0.4 is 4.74 Å². The first-order valence-electron chi connectivity index (χ1n) is 7.70. The Bertz CT molecular complexity index is 374. The molecule has 0 aromatic heterocycles. The van der Waals surface area contributed by atoms with E-state index in [1.54, 1.807) is 6.92 Å². The predicted octanol–water partition coefficient (Wildman–Crippen LogP) is 4.24. The summed E-state index contributed by atoms with van der Waals surface area (Å²) in [4.78, 5) is 0. The molecular weight excluding hydrogens is 252 g/mol. The molecule has 0 saturated heterocycles. The number of unbranched alkanes of at least 4 members (excludes halogenated alkanes) is 3. The summed E-state index contributed by atoms with van der Waals surface area (Å²) >= 11 is 0. The lowest BCUT2D eigenvalue weighted by molar-refractivity contribution is 0.114. The molecule has 20 heavy (non-hydrogen) atoms. The van der Waals surface area contributed by atoms with E-state index < -0.39 is 6.10 Å². The number of aliphatic hydroxyl groups is 1. The smallest absolute Gasteiger partial charge is 0.124 e. The van der Waals surface area contributed by atoms with Crippen molar-refractivity contribution in [2.45, 2.75) is 59.2 Å². The van der Waals surface area contributed by atoms with E-state index in [4.69, 9.17) is 9.47 Å². The number of ether oxygens (including phenoxy) is 2. The van der Waals surface area contributed by atoms with E-state index in [-0.39, 0.29) is 0 Å². The van der Waals surface area contributed by atoms with Crippen molar-refractivity contribution in [3.05, 3.63) is 29.3 Å². The fourth-order valence-electron chi connectivity index (χ4n) is 2.08. The molecule has 0 radical (unpaired) electrons. The van der Waals surface area contributed by atoms with E-state index in [0.717, 1.165) is 29.9 Å². The molecule has 1 unspecified atom stereocenters. The molecule has 1 rings (SSSR count). The maximum Gasteiger partial charge on any atom is 0.124 e. The quantitative estimate of drug-likeness (QED) is 0.652. The van der Waals surface area contributed by atoms with Crippen LogP contribution >= 0.6 is 0 Å². The van der Waals surface area contributed by atoms with Gasteiger partial charge in [-0.05, 0) is 38.0 Å². The minimum Gasteiger partial charge on any atom is -0.494 e. The van der Waals surface area contributed by atoms with Crippen LogP contribution in [-0.4, -0.2) is 18.3 Å². The van der Waals surface area contributed by atoms with Crippen molar-refractivity contribution in [1.82, 2.24) is 0 Å². The molecule has 0 aliphatic rings. The van der Waals surface area contributed by atoms with Gasteiger partial charge in [-0.1, -0.05) is 32.3 Å². The molecule has 3 nitrogen and oxygen atoms in total. The van der Waals surface area contributed by atoms with Crippen LogP contribution in [0.2, 0.25) is 0 Å². The van der Waals surface area contributed by atoms with Crippen molar-refractivity contribution in [2.75, 3.05) is 13.2 Å². The van der Waals surface area contributed by atoms with E-state index >= 15 is 0 Å². The van der Waals surface area contributed by atoms with Crippen LogP contribution in [-0.2, 0) is 11.3 Å². The summed E-state index contributed by atoms with van der Waals surface area (Å²) in [5.74, 6) is 0.852.